The molecule has 0 spiro atoms. The summed E-state index contributed by atoms with van der Waals surface area (Å²) in [7, 11) is -4.05. The van der Waals surface area contributed by atoms with Crippen LogP contribution in [0.3, 0.4) is 0 Å². The number of fused-ring (bicyclic) bond motifs is 1. The zero-order valence-electron chi connectivity index (χ0n) is 13.2. The molecule has 0 unspecified atom stereocenters. The zero-order valence-corrected chi connectivity index (χ0v) is 16.4. The maximum atomic E-state index is 12.2. The van der Waals surface area contributed by atoms with Gasteiger partial charge in [0.25, 0.3) is 0 Å². The second-order valence-corrected chi connectivity index (χ2v) is 8.15. The minimum atomic E-state index is -4.05. The number of esters is 1. The average molecular weight is 463 g/mol. The van der Waals surface area contributed by atoms with Crippen molar-refractivity contribution in [1.82, 2.24) is 0 Å². The molecule has 2 aromatic carbocycles. The van der Waals surface area contributed by atoms with Crippen molar-refractivity contribution in [3.8, 4) is 11.5 Å². The van der Waals surface area contributed by atoms with Crippen LogP contribution in [0.5, 0.6) is 11.5 Å². The van der Waals surface area contributed by atoms with E-state index in [1.165, 1.54) is 12.1 Å². The number of hydrogen-bond donors (Lipinski definition) is 1. The summed E-state index contributed by atoms with van der Waals surface area (Å²) in [6, 6.07) is 7.16. The summed E-state index contributed by atoms with van der Waals surface area (Å²) >= 11 is 9.19. The summed E-state index contributed by atoms with van der Waals surface area (Å²) in [5.41, 5.74) is 0.690. The Morgan fingerprint density at radius 3 is 2.50 bits per heavy atom. The molecule has 0 fully saturated rings. The van der Waals surface area contributed by atoms with E-state index in [0.717, 1.165) is 6.07 Å². The third-order valence-corrected chi connectivity index (χ3v) is 5.67. The minimum absolute atomic E-state index is 0.0205. The Kier molecular flexibility index (Phi) is 5.42. The number of benzene rings is 2. The molecule has 1 aliphatic rings. The van der Waals surface area contributed by atoms with E-state index in [0.29, 0.717) is 34.7 Å². The molecule has 2 aromatic rings. The number of sulfonamides is 1. The third-order valence-electron chi connectivity index (χ3n) is 3.54. The lowest BCUT2D eigenvalue weighted by molar-refractivity contribution is 0.0471. The van der Waals surface area contributed by atoms with E-state index < -0.39 is 16.0 Å². The first-order valence-electron chi connectivity index (χ1n) is 7.33. The van der Waals surface area contributed by atoms with Crippen molar-refractivity contribution >= 4 is 43.5 Å². The number of nitrogens with two attached hydrogens (primary N) is 1. The fraction of sp³-hybridized carbons (Fsp3) is 0.188. The van der Waals surface area contributed by atoms with Crippen LogP contribution in [0.2, 0.25) is 5.02 Å². The molecule has 0 aliphatic carbocycles. The molecular weight excluding hydrogens is 450 g/mol. The number of carbonyl (C=O) groups is 1. The summed E-state index contributed by atoms with van der Waals surface area (Å²) in [6.45, 7) is 0.856. The molecule has 2 N–H and O–H groups in total. The first-order chi connectivity index (χ1) is 12.3. The second kappa shape index (κ2) is 7.43. The lowest BCUT2D eigenvalue weighted by Gasteiger charge is -2.20. The quantitative estimate of drug-likeness (QED) is 0.701. The van der Waals surface area contributed by atoms with Gasteiger partial charge in [-0.3, -0.25) is 0 Å². The molecule has 0 atom stereocenters. The smallest absolute Gasteiger partial charge is 0.338 e. The highest BCUT2D eigenvalue weighted by Crippen LogP contribution is 2.36. The summed E-state index contributed by atoms with van der Waals surface area (Å²) in [4.78, 5) is 11.9. The molecule has 3 rings (SSSR count). The van der Waals surface area contributed by atoms with E-state index in [9.17, 15) is 13.2 Å². The van der Waals surface area contributed by atoms with Crippen LogP contribution >= 0.6 is 27.5 Å². The summed E-state index contributed by atoms with van der Waals surface area (Å²) < 4.78 is 39.9. The second-order valence-electron chi connectivity index (χ2n) is 5.35. The van der Waals surface area contributed by atoms with Crippen molar-refractivity contribution in [2.24, 2.45) is 5.14 Å². The van der Waals surface area contributed by atoms with Gasteiger partial charge in [0, 0.05) is 10.0 Å². The van der Waals surface area contributed by atoms with Crippen LogP contribution < -0.4 is 14.6 Å². The van der Waals surface area contributed by atoms with Crippen LogP contribution in [0.15, 0.2) is 39.7 Å². The van der Waals surface area contributed by atoms with Crippen molar-refractivity contribution in [2.45, 2.75) is 11.5 Å². The fourth-order valence-corrected chi connectivity index (χ4v) is 3.80. The molecule has 0 saturated heterocycles. The van der Waals surface area contributed by atoms with Gasteiger partial charge in [0.2, 0.25) is 10.0 Å². The Hall–Kier alpha value is -1.81. The Bertz CT molecular complexity index is 979. The Morgan fingerprint density at radius 2 is 1.85 bits per heavy atom. The van der Waals surface area contributed by atoms with E-state index in [1.807, 2.05) is 0 Å². The topological polar surface area (TPSA) is 105 Å². The molecule has 7 nitrogen and oxygen atoms in total. The third kappa shape index (κ3) is 4.12. The number of hydrogen-bond acceptors (Lipinski definition) is 6. The maximum Gasteiger partial charge on any atom is 0.338 e. The van der Waals surface area contributed by atoms with Crippen molar-refractivity contribution in [1.29, 1.82) is 0 Å². The highest BCUT2D eigenvalue weighted by Gasteiger charge is 2.19. The number of primary sulfonamides is 1. The molecule has 0 radical (unpaired) electrons. The molecule has 0 bridgehead atoms. The molecule has 0 aromatic heterocycles. The van der Waals surface area contributed by atoms with Crippen molar-refractivity contribution < 1.29 is 27.4 Å². The van der Waals surface area contributed by atoms with Crippen LogP contribution in [0.1, 0.15) is 15.9 Å². The summed E-state index contributed by atoms with van der Waals surface area (Å²) in [5.74, 6) is 0.454. The van der Waals surface area contributed by atoms with Crippen LogP contribution in [0, 0.1) is 0 Å². The van der Waals surface area contributed by atoms with Gasteiger partial charge in [0.15, 0.2) is 11.5 Å². The van der Waals surface area contributed by atoms with Gasteiger partial charge in [0.1, 0.15) is 24.7 Å². The van der Waals surface area contributed by atoms with Crippen molar-refractivity contribution in [3.63, 3.8) is 0 Å². The van der Waals surface area contributed by atoms with E-state index in [-0.39, 0.29) is 22.1 Å². The highest BCUT2D eigenvalue weighted by atomic mass is 79.9. The maximum absolute atomic E-state index is 12.2. The fourth-order valence-electron chi connectivity index (χ4n) is 2.29. The number of halogens is 2. The average Bonchev–Trinajstić information content (AvgIpc) is 2.59. The lowest BCUT2D eigenvalue weighted by Crippen LogP contribution is -2.16. The number of rotatable bonds is 4. The van der Waals surface area contributed by atoms with E-state index in [1.54, 1.807) is 12.1 Å². The zero-order chi connectivity index (χ0) is 18.9. The number of ether oxygens (including phenoxy) is 3. The predicted octanol–water partition coefficient (Wildman–Crippen LogP) is 2.88. The largest absolute Gasteiger partial charge is 0.486 e. The Labute approximate surface area is 163 Å². The van der Waals surface area contributed by atoms with Crippen LogP contribution in [0.4, 0.5) is 0 Å². The molecular formula is C16H13BrClNO6S. The Morgan fingerprint density at radius 1 is 1.19 bits per heavy atom. The van der Waals surface area contributed by atoms with Crippen LogP contribution in [0.25, 0.3) is 0 Å². The molecule has 1 heterocycles. The van der Waals surface area contributed by atoms with Gasteiger partial charge >= 0.3 is 5.97 Å². The van der Waals surface area contributed by atoms with E-state index in [2.05, 4.69) is 15.9 Å². The van der Waals surface area contributed by atoms with Gasteiger partial charge in [-0.1, -0.05) is 27.5 Å². The normalized spacial score (nSPS) is 13.3. The SMILES string of the molecule is NS(=O)(=O)c1cc(C(=O)OCc2cc3c(cc2Br)OCCO3)ccc1Cl. The first-order valence-corrected chi connectivity index (χ1v) is 10.0. The molecule has 138 valence electrons. The van der Waals surface area contributed by atoms with Gasteiger partial charge in [-0.25, -0.2) is 18.4 Å². The highest BCUT2D eigenvalue weighted by molar-refractivity contribution is 9.10. The van der Waals surface area contributed by atoms with E-state index in [4.69, 9.17) is 31.0 Å². The molecule has 26 heavy (non-hydrogen) atoms. The standard InChI is InChI=1S/C16H13BrClNO6S/c17-11-7-14-13(23-3-4-24-14)5-10(11)8-25-16(20)9-1-2-12(18)15(6-9)26(19,21)22/h1-2,5-7H,3-4,8H2,(H2,19,21,22). The summed E-state index contributed by atoms with van der Waals surface area (Å²) in [5, 5.41) is 5.01. The van der Waals surface area contributed by atoms with Gasteiger partial charge < -0.3 is 14.2 Å². The van der Waals surface area contributed by atoms with Crippen molar-refractivity contribution in [3.05, 3.63) is 51.0 Å². The monoisotopic (exact) mass is 461 g/mol. The molecule has 0 saturated carbocycles. The molecule has 10 heteroatoms. The van der Waals surface area contributed by atoms with Crippen LogP contribution in [-0.4, -0.2) is 27.6 Å². The number of carbonyl (C=O) groups excluding carboxylic acids is 1. The minimum Gasteiger partial charge on any atom is -0.486 e. The van der Waals surface area contributed by atoms with Crippen LogP contribution in [-0.2, 0) is 21.4 Å². The lowest BCUT2D eigenvalue weighted by atomic mass is 10.2. The Balaban J connectivity index is 1.77. The van der Waals surface area contributed by atoms with Gasteiger partial charge in [-0.2, -0.15) is 0 Å². The van der Waals surface area contributed by atoms with Gasteiger partial charge in [-0.05, 0) is 30.3 Å². The van der Waals surface area contributed by atoms with Gasteiger partial charge in [-0.15, -0.1) is 0 Å². The van der Waals surface area contributed by atoms with Crippen molar-refractivity contribution in [2.75, 3.05) is 13.2 Å². The molecule has 1 aliphatic heterocycles. The predicted molar refractivity (Wildman–Crippen MR) is 97.1 cm³/mol. The first kappa shape index (κ1) is 19.0. The van der Waals surface area contributed by atoms with E-state index >= 15 is 0 Å². The molecule has 0 amide bonds. The summed E-state index contributed by atoms with van der Waals surface area (Å²) in [6.07, 6.45) is 0. The van der Waals surface area contributed by atoms with Gasteiger partial charge in [0.05, 0.1) is 10.6 Å².